The smallest absolute Gasteiger partial charge is 0.407 e. The second-order valence-electron chi connectivity index (χ2n) is 5.76. The Kier molecular flexibility index (Phi) is 4.56. The summed E-state index contributed by atoms with van der Waals surface area (Å²) < 4.78 is 5.14. The molecule has 6 nitrogen and oxygen atoms in total. The lowest BCUT2D eigenvalue weighted by Gasteiger charge is -2.33. The van der Waals surface area contributed by atoms with E-state index in [1.165, 1.54) is 0 Å². The van der Waals surface area contributed by atoms with Crippen molar-refractivity contribution < 1.29 is 19.4 Å². The third-order valence-electron chi connectivity index (χ3n) is 2.95. The Morgan fingerprint density at radius 2 is 1.94 bits per heavy atom. The summed E-state index contributed by atoms with van der Waals surface area (Å²) in [7, 11) is 0. The summed E-state index contributed by atoms with van der Waals surface area (Å²) in [6.07, 6.45) is 0.980. The van der Waals surface area contributed by atoms with Gasteiger partial charge in [0, 0.05) is 12.1 Å². The van der Waals surface area contributed by atoms with Gasteiger partial charge in [0.15, 0.2) is 0 Å². The molecule has 0 aromatic rings. The molecule has 1 amide bonds. The number of amides is 1. The number of alkyl carbamates (subject to hydrolysis) is 1. The Morgan fingerprint density at radius 3 is 2.39 bits per heavy atom. The first-order valence-electron chi connectivity index (χ1n) is 6.17. The van der Waals surface area contributed by atoms with Crippen molar-refractivity contribution in [3.8, 4) is 0 Å². The van der Waals surface area contributed by atoms with Crippen molar-refractivity contribution in [1.29, 1.82) is 0 Å². The monoisotopic (exact) mass is 258 g/mol. The number of carboxylic acid groups (broad SMARTS) is 1. The zero-order valence-electron chi connectivity index (χ0n) is 11.1. The molecule has 1 aliphatic carbocycles. The number of hydrogen-bond acceptors (Lipinski definition) is 4. The van der Waals surface area contributed by atoms with Gasteiger partial charge in [-0.05, 0) is 40.0 Å². The van der Waals surface area contributed by atoms with E-state index in [0.29, 0.717) is 19.3 Å². The van der Waals surface area contributed by atoms with Crippen LogP contribution in [0.4, 0.5) is 4.79 Å². The van der Waals surface area contributed by atoms with Gasteiger partial charge in [-0.25, -0.2) is 4.79 Å². The topological polar surface area (TPSA) is 102 Å². The van der Waals surface area contributed by atoms with E-state index < -0.39 is 23.6 Å². The van der Waals surface area contributed by atoms with Crippen LogP contribution in [-0.2, 0) is 9.53 Å². The summed E-state index contributed by atoms with van der Waals surface area (Å²) in [5.74, 6) is -1.22. The lowest BCUT2D eigenvalue weighted by molar-refractivity contribution is -0.143. The fourth-order valence-electron chi connectivity index (χ4n) is 2.07. The van der Waals surface area contributed by atoms with Crippen molar-refractivity contribution in [2.24, 2.45) is 11.7 Å². The first kappa shape index (κ1) is 14.8. The number of ether oxygens (including phenoxy) is 1. The highest BCUT2D eigenvalue weighted by atomic mass is 16.6. The fourth-order valence-corrected chi connectivity index (χ4v) is 2.07. The van der Waals surface area contributed by atoms with Crippen molar-refractivity contribution in [2.75, 3.05) is 0 Å². The average Bonchev–Trinajstić information content (AvgIpc) is 2.17. The molecule has 6 heteroatoms. The van der Waals surface area contributed by atoms with E-state index in [4.69, 9.17) is 15.6 Å². The number of nitrogens with one attached hydrogen (secondary N) is 1. The van der Waals surface area contributed by atoms with E-state index >= 15 is 0 Å². The molecule has 1 saturated carbocycles. The lowest BCUT2D eigenvalue weighted by atomic mass is 9.83. The van der Waals surface area contributed by atoms with E-state index in [1.807, 2.05) is 0 Å². The molecule has 0 radical (unpaired) electrons. The van der Waals surface area contributed by atoms with Crippen LogP contribution in [0, 0.1) is 5.92 Å². The van der Waals surface area contributed by atoms with Gasteiger partial charge < -0.3 is 20.9 Å². The quantitative estimate of drug-likeness (QED) is 0.688. The molecule has 0 bridgehead atoms. The number of carbonyl (C=O) groups excluding carboxylic acids is 1. The molecule has 0 heterocycles. The molecule has 1 aliphatic rings. The van der Waals surface area contributed by atoms with Gasteiger partial charge >= 0.3 is 12.1 Å². The Bertz CT molecular complexity index is 325. The largest absolute Gasteiger partial charge is 0.481 e. The summed E-state index contributed by atoms with van der Waals surface area (Å²) in [5.41, 5.74) is 5.34. The van der Waals surface area contributed by atoms with Crippen molar-refractivity contribution in [2.45, 2.75) is 57.7 Å². The lowest BCUT2D eigenvalue weighted by Crippen LogP contribution is -2.52. The molecule has 0 aromatic carbocycles. The van der Waals surface area contributed by atoms with Gasteiger partial charge in [0.25, 0.3) is 0 Å². The second kappa shape index (κ2) is 5.56. The highest BCUT2D eigenvalue weighted by Crippen LogP contribution is 2.24. The maximum Gasteiger partial charge on any atom is 0.407 e. The average molecular weight is 258 g/mol. The number of carbonyl (C=O) groups is 2. The zero-order chi connectivity index (χ0) is 13.9. The van der Waals surface area contributed by atoms with Crippen LogP contribution in [-0.4, -0.2) is 34.9 Å². The van der Waals surface area contributed by atoms with Crippen LogP contribution in [0.15, 0.2) is 0 Å². The normalized spacial score (nSPS) is 28.6. The maximum absolute atomic E-state index is 11.6. The molecule has 0 saturated heterocycles. The van der Waals surface area contributed by atoms with Crippen LogP contribution in [0.1, 0.15) is 40.0 Å². The summed E-state index contributed by atoms with van der Waals surface area (Å²) in [6.45, 7) is 5.36. The minimum Gasteiger partial charge on any atom is -0.481 e. The van der Waals surface area contributed by atoms with Crippen molar-refractivity contribution in [3.63, 3.8) is 0 Å². The third-order valence-corrected chi connectivity index (χ3v) is 2.95. The summed E-state index contributed by atoms with van der Waals surface area (Å²) in [4.78, 5) is 22.4. The van der Waals surface area contributed by atoms with Crippen LogP contribution < -0.4 is 11.1 Å². The molecule has 0 aliphatic heterocycles. The van der Waals surface area contributed by atoms with Gasteiger partial charge in [-0.15, -0.1) is 0 Å². The predicted molar refractivity (Wildman–Crippen MR) is 66.1 cm³/mol. The van der Waals surface area contributed by atoms with Gasteiger partial charge in [-0.1, -0.05) is 0 Å². The van der Waals surface area contributed by atoms with E-state index in [-0.39, 0.29) is 12.1 Å². The van der Waals surface area contributed by atoms with Gasteiger partial charge in [-0.2, -0.15) is 0 Å². The van der Waals surface area contributed by atoms with Crippen molar-refractivity contribution in [1.82, 2.24) is 5.32 Å². The summed E-state index contributed by atoms with van der Waals surface area (Å²) in [5, 5.41) is 11.6. The molecule has 0 unspecified atom stereocenters. The summed E-state index contributed by atoms with van der Waals surface area (Å²) >= 11 is 0. The fraction of sp³-hybridized carbons (Fsp3) is 0.833. The first-order valence-corrected chi connectivity index (χ1v) is 6.17. The Labute approximate surface area is 107 Å². The van der Waals surface area contributed by atoms with Crippen LogP contribution in [0.5, 0.6) is 0 Å². The van der Waals surface area contributed by atoms with Crippen LogP contribution in [0.25, 0.3) is 0 Å². The predicted octanol–water partition coefficient (Wildman–Crippen LogP) is 1.09. The molecule has 1 fully saturated rings. The summed E-state index contributed by atoms with van der Waals surface area (Å²) in [6, 6.07) is -0.553. The van der Waals surface area contributed by atoms with E-state index in [2.05, 4.69) is 5.32 Å². The van der Waals surface area contributed by atoms with Gasteiger partial charge in [0.2, 0.25) is 0 Å². The first-order chi connectivity index (χ1) is 8.19. The molecule has 4 N–H and O–H groups in total. The van der Waals surface area contributed by atoms with Crippen LogP contribution in [0.3, 0.4) is 0 Å². The molecule has 0 spiro atoms. The Morgan fingerprint density at radius 1 is 1.33 bits per heavy atom. The third kappa shape index (κ3) is 4.52. The molecule has 18 heavy (non-hydrogen) atoms. The number of rotatable bonds is 2. The highest BCUT2D eigenvalue weighted by Gasteiger charge is 2.33. The van der Waals surface area contributed by atoms with Crippen LogP contribution >= 0.6 is 0 Å². The molecule has 3 atom stereocenters. The molecular weight excluding hydrogens is 236 g/mol. The minimum absolute atomic E-state index is 0.213. The number of hydrogen-bond donors (Lipinski definition) is 3. The molecular formula is C12H22N2O4. The Hall–Kier alpha value is -1.30. The second-order valence-corrected chi connectivity index (χ2v) is 5.76. The number of carboxylic acids is 1. The van der Waals surface area contributed by atoms with E-state index in [9.17, 15) is 9.59 Å². The minimum atomic E-state index is -0.818. The van der Waals surface area contributed by atoms with Gasteiger partial charge in [0.1, 0.15) is 5.60 Å². The SMILES string of the molecule is CC(C)(C)OC(=O)N[C@H]1CC[C@@H](C(=O)O)C[C@H]1N. The van der Waals surface area contributed by atoms with Crippen molar-refractivity contribution in [3.05, 3.63) is 0 Å². The molecule has 1 rings (SSSR count). The standard InChI is InChI=1S/C12H22N2O4/c1-12(2,3)18-11(17)14-9-5-4-7(10(15)16)6-8(9)13/h7-9H,4-6,13H2,1-3H3,(H,14,17)(H,15,16)/t7-,8-,9+/m1/s1. The van der Waals surface area contributed by atoms with E-state index in [1.54, 1.807) is 20.8 Å². The van der Waals surface area contributed by atoms with Gasteiger partial charge in [-0.3, -0.25) is 4.79 Å². The highest BCUT2D eigenvalue weighted by molar-refractivity contribution is 5.71. The Balaban J connectivity index is 2.45. The van der Waals surface area contributed by atoms with E-state index in [0.717, 1.165) is 0 Å². The van der Waals surface area contributed by atoms with Gasteiger partial charge in [0.05, 0.1) is 5.92 Å². The molecule has 0 aromatic heterocycles. The zero-order valence-corrected chi connectivity index (χ0v) is 11.1. The van der Waals surface area contributed by atoms with Crippen molar-refractivity contribution >= 4 is 12.1 Å². The number of nitrogens with two attached hydrogens (primary N) is 1. The number of aliphatic carboxylic acids is 1. The maximum atomic E-state index is 11.6. The van der Waals surface area contributed by atoms with Crippen LogP contribution in [0.2, 0.25) is 0 Å². The molecule has 104 valence electrons.